The van der Waals surface area contributed by atoms with Crippen molar-refractivity contribution in [3.8, 4) is 11.5 Å². The van der Waals surface area contributed by atoms with E-state index >= 15 is 0 Å². The molecule has 5 heteroatoms. The van der Waals surface area contributed by atoms with Gasteiger partial charge in [-0.05, 0) is 38.7 Å². The van der Waals surface area contributed by atoms with Crippen molar-refractivity contribution in [3.05, 3.63) is 23.8 Å². The van der Waals surface area contributed by atoms with Crippen molar-refractivity contribution >= 4 is 6.21 Å². The van der Waals surface area contributed by atoms with Gasteiger partial charge < -0.3 is 19.6 Å². The van der Waals surface area contributed by atoms with Crippen LogP contribution in [0.1, 0.15) is 12.0 Å². The molecule has 0 atom stereocenters. The number of methoxy groups -OCH3 is 1. The Kier molecular flexibility index (Phi) is 6.00. The summed E-state index contributed by atoms with van der Waals surface area (Å²) in [4.78, 5) is 2.11. The van der Waals surface area contributed by atoms with E-state index in [1.807, 2.05) is 26.2 Å². The van der Waals surface area contributed by atoms with Crippen LogP contribution in [-0.4, -0.2) is 50.7 Å². The van der Waals surface area contributed by atoms with Crippen LogP contribution in [0.15, 0.2) is 23.4 Å². The molecule has 0 fully saturated rings. The van der Waals surface area contributed by atoms with Crippen LogP contribution in [0.2, 0.25) is 0 Å². The maximum Gasteiger partial charge on any atom is 0.161 e. The Balaban J connectivity index is 2.59. The molecule has 0 bridgehead atoms. The van der Waals surface area contributed by atoms with Crippen LogP contribution in [0.3, 0.4) is 0 Å². The second kappa shape index (κ2) is 7.55. The topological polar surface area (TPSA) is 54.3 Å². The van der Waals surface area contributed by atoms with E-state index in [4.69, 9.17) is 14.7 Å². The second-order valence-corrected chi connectivity index (χ2v) is 4.16. The van der Waals surface area contributed by atoms with E-state index in [2.05, 4.69) is 10.1 Å². The molecule has 0 saturated heterocycles. The number of benzene rings is 1. The Morgan fingerprint density at radius 3 is 2.72 bits per heavy atom. The van der Waals surface area contributed by atoms with Crippen molar-refractivity contribution in [2.75, 3.05) is 34.4 Å². The Bertz CT molecular complexity index is 392. The third kappa shape index (κ3) is 4.63. The highest BCUT2D eigenvalue weighted by molar-refractivity contribution is 5.80. The van der Waals surface area contributed by atoms with Crippen LogP contribution in [0, 0.1) is 0 Å². The summed E-state index contributed by atoms with van der Waals surface area (Å²) in [5.41, 5.74) is 0.759. The van der Waals surface area contributed by atoms with Gasteiger partial charge in [-0.1, -0.05) is 5.16 Å². The Hall–Kier alpha value is -1.75. The van der Waals surface area contributed by atoms with Crippen LogP contribution in [-0.2, 0) is 0 Å². The third-order valence-corrected chi connectivity index (χ3v) is 2.40. The van der Waals surface area contributed by atoms with Gasteiger partial charge in [0.15, 0.2) is 11.5 Å². The minimum absolute atomic E-state index is 0.636. The van der Waals surface area contributed by atoms with Crippen LogP contribution < -0.4 is 9.47 Å². The Morgan fingerprint density at radius 1 is 1.33 bits per heavy atom. The molecule has 0 radical (unpaired) electrons. The zero-order valence-electron chi connectivity index (χ0n) is 11.1. The number of ether oxygens (including phenoxy) is 2. The highest BCUT2D eigenvalue weighted by Gasteiger charge is 2.05. The van der Waals surface area contributed by atoms with Crippen LogP contribution in [0.4, 0.5) is 0 Å². The van der Waals surface area contributed by atoms with Crippen LogP contribution in [0.25, 0.3) is 0 Å². The van der Waals surface area contributed by atoms with Gasteiger partial charge in [-0.15, -0.1) is 0 Å². The molecule has 1 rings (SSSR count). The van der Waals surface area contributed by atoms with E-state index in [9.17, 15) is 0 Å². The molecule has 18 heavy (non-hydrogen) atoms. The highest BCUT2D eigenvalue weighted by Crippen LogP contribution is 2.27. The lowest BCUT2D eigenvalue weighted by Crippen LogP contribution is -2.15. The first kappa shape index (κ1) is 14.3. The lowest BCUT2D eigenvalue weighted by atomic mass is 10.2. The van der Waals surface area contributed by atoms with Crippen molar-refractivity contribution in [1.82, 2.24) is 4.90 Å². The molecule has 0 aromatic heterocycles. The largest absolute Gasteiger partial charge is 0.493 e. The fraction of sp³-hybridized carbons (Fsp3) is 0.462. The molecule has 1 N–H and O–H groups in total. The number of rotatable bonds is 7. The summed E-state index contributed by atoms with van der Waals surface area (Å²) in [6.07, 6.45) is 2.30. The summed E-state index contributed by atoms with van der Waals surface area (Å²) in [5.74, 6) is 1.34. The Labute approximate surface area is 108 Å². The standard InChI is InChI=1S/C13H20N2O3/c1-15(2)7-4-8-18-12-6-5-11(10-14-16)9-13(12)17-3/h5-6,9-10,16H,4,7-8H2,1-3H3. The van der Waals surface area contributed by atoms with Gasteiger partial charge in [-0.25, -0.2) is 0 Å². The molecule has 0 aliphatic rings. The fourth-order valence-electron chi connectivity index (χ4n) is 1.51. The zero-order chi connectivity index (χ0) is 13.4. The first-order valence-corrected chi connectivity index (χ1v) is 5.80. The number of nitrogens with zero attached hydrogens (tertiary/aromatic N) is 2. The van der Waals surface area contributed by atoms with Crippen LogP contribution >= 0.6 is 0 Å². The van der Waals surface area contributed by atoms with Gasteiger partial charge in [-0.3, -0.25) is 0 Å². The average Bonchev–Trinajstić information content (AvgIpc) is 2.35. The highest BCUT2D eigenvalue weighted by atomic mass is 16.5. The molecule has 0 aliphatic carbocycles. The van der Waals surface area contributed by atoms with Gasteiger partial charge >= 0.3 is 0 Å². The first-order valence-electron chi connectivity index (χ1n) is 5.80. The molecule has 0 spiro atoms. The van der Waals surface area contributed by atoms with Gasteiger partial charge in [0.25, 0.3) is 0 Å². The van der Waals surface area contributed by atoms with Gasteiger partial charge in [0.05, 0.1) is 19.9 Å². The molecule has 1 aromatic rings. The Morgan fingerprint density at radius 2 is 2.11 bits per heavy atom. The van der Waals surface area contributed by atoms with E-state index < -0.39 is 0 Å². The third-order valence-electron chi connectivity index (χ3n) is 2.40. The summed E-state index contributed by atoms with van der Waals surface area (Å²) in [6.45, 7) is 1.62. The molecule has 5 nitrogen and oxygen atoms in total. The SMILES string of the molecule is COc1cc(C=NO)ccc1OCCCN(C)C. The second-order valence-electron chi connectivity index (χ2n) is 4.16. The van der Waals surface area contributed by atoms with Crippen molar-refractivity contribution < 1.29 is 14.7 Å². The van der Waals surface area contributed by atoms with E-state index in [1.54, 1.807) is 13.2 Å². The average molecular weight is 252 g/mol. The monoisotopic (exact) mass is 252 g/mol. The number of hydrogen-bond donors (Lipinski definition) is 1. The zero-order valence-corrected chi connectivity index (χ0v) is 11.1. The van der Waals surface area contributed by atoms with Crippen molar-refractivity contribution in [3.63, 3.8) is 0 Å². The normalized spacial score (nSPS) is 11.1. The predicted octanol–water partition coefficient (Wildman–Crippen LogP) is 1.83. The molecular formula is C13H20N2O3. The summed E-state index contributed by atoms with van der Waals surface area (Å²) in [6, 6.07) is 5.38. The van der Waals surface area contributed by atoms with Gasteiger partial charge in [0, 0.05) is 12.1 Å². The lowest BCUT2D eigenvalue weighted by molar-refractivity contribution is 0.268. The smallest absolute Gasteiger partial charge is 0.161 e. The van der Waals surface area contributed by atoms with E-state index in [0.717, 1.165) is 18.5 Å². The van der Waals surface area contributed by atoms with Gasteiger partial charge in [0.2, 0.25) is 0 Å². The minimum Gasteiger partial charge on any atom is -0.493 e. The summed E-state index contributed by atoms with van der Waals surface area (Å²) >= 11 is 0. The maximum atomic E-state index is 8.47. The maximum absolute atomic E-state index is 8.47. The lowest BCUT2D eigenvalue weighted by Gasteiger charge is -2.13. The number of oxime groups is 1. The molecule has 0 unspecified atom stereocenters. The molecule has 0 heterocycles. The van der Waals surface area contributed by atoms with E-state index in [1.165, 1.54) is 6.21 Å². The quantitative estimate of drug-likeness (QED) is 0.348. The summed E-state index contributed by atoms with van der Waals surface area (Å²) < 4.78 is 10.9. The minimum atomic E-state index is 0.636. The van der Waals surface area contributed by atoms with Gasteiger partial charge in [-0.2, -0.15) is 0 Å². The number of hydrogen-bond acceptors (Lipinski definition) is 5. The molecule has 0 amide bonds. The predicted molar refractivity (Wildman–Crippen MR) is 71.0 cm³/mol. The van der Waals surface area contributed by atoms with Crippen molar-refractivity contribution in [2.45, 2.75) is 6.42 Å². The van der Waals surface area contributed by atoms with E-state index in [-0.39, 0.29) is 0 Å². The van der Waals surface area contributed by atoms with Crippen molar-refractivity contribution in [2.24, 2.45) is 5.16 Å². The molecule has 0 saturated carbocycles. The van der Waals surface area contributed by atoms with E-state index in [0.29, 0.717) is 18.1 Å². The molecule has 100 valence electrons. The first-order chi connectivity index (χ1) is 8.67. The van der Waals surface area contributed by atoms with Crippen LogP contribution in [0.5, 0.6) is 11.5 Å². The van der Waals surface area contributed by atoms with Crippen molar-refractivity contribution in [1.29, 1.82) is 0 Å². The van der Waals surface area contributed by atoms with Gasteiger partial charge in [0.1, 0.15) is 0 Å². The summed E-state index contributed by atoms with van der Waals surface area (Å²) in [5, 5.41) is 11.4. The summed E-state index contributed by atoms with van der Waals surface area (Å²) in [7, 11) is 5.65. The fourth-order valence-corrected chi connectivity index (χ4v) is 1.51. The molecule has 1 aromatic carbocycles. The molecule has 0 aliphatic heterocycles. The molecular weight excluding hydrogens is 232 g/mol.